The zero-order valence-corrected chi connectivity index (χ0v) is 14.9. The van der Waals surface area contributed by atoms with Crippen molar-refractivity contribution in [2.24, 2.45) is 0 Å². The van der Waals surface area contributed by atoms with Crippen molar-refractivity contribution >= 4 is 23.5 Å². The van der Waals surface area contributed by atoms with E-state index in [2.05, 4.69) is 5.32 Å². The second-order valence-electron chi connectivity index (χ2n) is 5.47. The minimum Gasteiger partial charge on any atom is -0.497 e. The minimum atomic E-state index is -0.881. The second-order valence-corrected chi connectivity index (χ2v) is 5.87. The fourth-order valence-electron chi connectivity index (χ4n) is 2.17. The molecule has 0 unspecified atom stereocenters. The van der Waals surface area contributed by atoms with Crippen molar-refractivity contribution in [3.63, 3.8) is 0 Å². The topological polar surface area (TPSA) is 64.6 Å². The molecule has 0 aliphatic heterocycles. The second kappa shape index (κ2) is 9.08. The van der Waals surface area contributed by atoms with Crippen molar-refractivity contribution in [3.05, 3.63) is 64.7 Å². The van der Waals surface area contributed by atoms with Gasteiger partial charge in [0.25, 0.3) is 5.91 Å². The van der Waals surface area contributed by atoms with E-state index >= 15 is 0 Å². The van der Waals surface area contributed by atoms with Crippen molar-refractivity contribution in [2.45, 2.75) is 26.0 Å². The number of methoxy groups -OCH3 is 1. The molecule has 2 aromatic carbocycles. The Morgan fingerprint density at radius 2 is 1.80 bits per heavy atom. The summed E-state index contributed by atoms with van der Waals surface area (Å²) in [7, 11) is 1.59. The van der Waals surface area contributed by atoms with Crippen LogP contribution in [-0.2, 0) is 27.3 Å². The van der Waals surface area contributed by atoms with Gasteiger partial charge < -0.3 is 14.8 Å². The smallest absolute Gasteiger partial charge is 0.311 e. The van der Waals surface area contributed by atoms with Gasteiger partial charge in [0.05, 0.1) is 13.5 Å². The van der Waals surface area contributed by atoms with Gasteiger partial charge in [-0.3, -0.25) is 9.59 Å². The van der Waals surface area contributed by atoms with Gasteiger partial charge in [-0.05, 0) is 36.2 Å². The highest BCUT2D eigenvalue weighted by Crippen LogP contribution is 2.16. The number of nitrogens with one attached hydrogen (secondary N) is 1. The first kappa shape index (κ1) is 18.8. The standard InChI is InChI=1S/C19H20ClNO4/c1-13(25-18(22)11-15-5-3-4-6-17(15)20)19(23)21-12-14-7-9-16(24-2)10-8-14/h3-10,13H,11-12H2,1-2H3,(H,21,23)/t13-/m1/s1. The molecule has 2 aromatic rings. The number of rotatable bonds is 7. The lowest BCUT2D eigenvalue weighted by molar-refractivity contribution is -0.154. The Kier molecular flexibility index (Phi) is 6.83. The van der Waals surface area contributed by atoms with Crippen LogP contribution in [0.25, 0.3) is 0 Å². The van der Waals surface area contributed by atoms with Gasteiger partial charge in [0.1, 0.15) is 5.75 Å². The molecule has 0 spiro atoms. The highest BCUT2D eigenvalue weighted by molar-refractivity contribution is 6.31. The van der Waals surface area contributed by atoms with Crippen molar-refractivity contribution < 1.29 is 19.1 Å². The summed E-state index contributed by atoms with van der Waals surface area (Å²) in [5.41, 5.74) is 1.59. The molecule has 1 atom stereocenters. The van der Waals surface area contributed by atoms with Crippen molar-refractivity contribution in [3.8, 4) is 5.75 Å². The number of carbonyl (C=O) groups is 2. The van der Waals surface area contributed by atoms with Crippen LogP contribution in [0, 0.1) is 0 Å². The van der Waals surface area contributed by atoms with Crippen molar-refractivity contribution in [1.82, 2.24) is 5.32 Å². The molecule has 0 fully saturated rings. The maximum Gasteiger partial charge on any atom is 0.311 e. The fraction of sp³-hybridized carbons (Fsp3) is 0.263. The lowest BCUT2D eigenvalue weighted by Crippen LogP contribution is -2.35. The molecule has 2 rings (SSSR count). The summed E-state index contributed by atoms with van der Waals surface area (Å²) in [6.45, 7) is 1.88. The van der Waals surface area contributed by atoms with Crippen LogP contribution >= 0.6 is 11.6 Å². The van der Waals surface area contributed by atoms with E-state index in [1.165, 1.54) is 6.92 Å². The summed E-state index contributed by atoms with van der Waals surface area (Å²) >= 11 is 6.01. The van der Waals surface area contributed by atoms with Gasteiger partial charge in [-0.1, -0.05) is 41.9 Å². The molecule has 0 saturated heterocycles. The molecule has 6 heteroatoms. The van der Waals surface area contributed by atoms with E-state index in [0.29, 0.717) is 17.1 Å². The van der Waals surface area contributed by atoms with Crippen molar-refractivity contribution in [1.29, 1.82) is 0 Å². The minimum absolute atomic E-state index is 0.0236. The Hall–Kier alpha value is -2.53. The lowest BCUT2D eigenvalue weighted by atomic mass is 10.1. The number of benzene rings is 2. The molecule has 0 saturated carbocycles. The van der Waals surface area contributed by atoms with Gasteiger partial charge in [-0.25, -0.2) is 0 Å². The normalized spacial score (nSPS) is 11.5. The largest absolute Gasteiger partial charge is 0.497 e. The van der Waals surface area contributed by atoms with E-state index in [9.17, 15) is 9.59 Å². The van der Waals surface area contributed by atoms with E-state index in [-0.39, 0.29) is 12.3 Å². The summed E-state index contributed by atoms with van der Waals surface area (Å²) < 4.78 is 10.2. The van der Waals surface area contributed by atoms with E-state index in [1.807, 2.05) is 24.3 Å². The number of halogens is 1. The van der Waals surface area contributed by atoms with Crippen LogP contribution in [0.15, 0.2) is 48.5 Å². The number of carbonyl (C=O) groups excluding carboxylic acids is 2. The molecule has 0 aliphatic carbocycles. The molecule has 1 N–H and O–H groups in total. The van der Waals surface area contributed by atoms with Crippen molar-refractivity contribution in [2.75, 3.05) is 7.11 Å². The number of hydrogen-bond donors (Lipinski definition) is 1. The van der Waals surface area contributed by atoms with Crippen LogP contribution in [-0.4, -0.2) is 25.1 Å². The molecule has 5 nitrogen and oxygen atoms in total. The van der Waals surface area contributed by atoms with Crippen LogP contribution in [0.3, 0.4) is 0 Å². The Bertz CT molecular complexity index is 730. The van der Waals surface area contributed by atoms with E-state index in [4.69, 9.17) is 21.1 Å². The monoisotopic (exact) mass is 361 g/mol. The Morgan fingerprint density at radius 3 is 2.44 bits per heavy atom. The first-order valence-corrected chi connectivity index (χ1v) is 8.21. The van der Waals surface area contributed by atoms with Gasteiger partial charge in [0.2, 0.25) is 0 Å². The van der Waals surface area contributed by atoms with Gasteiger partial charge >= 0.3 is 5.97 Å². The molecule has 0 heterocycles. The average Bonchev–Trinajstić information content (AvgIpc) is 2.62. The molecule has 132 valence electrons. The summed E-state index contributed by atoms with van der Waals surface area (Å²) in [6, 6.07) is 14.4. The van der Waals surface area contributed by atoms with Gasteiger partial charge in [0.15, 0.2) is 6.10 Å². The number of amides is 1. The zero-order chi connectivity index (χ0) is 18.2. The number of esters is 1. The first-order chi connectivity index (χ1) is 12.0. The summed E-state index contributed by atoms with van der Waals surface area (Å²) in [5, 5.41) is 3.23. The Morgan fingerprint density at radius 1 is 1.12 bits per heavy atom. The molecule has 0 bridgehead atoms. The summed E-state index contributed by atoms with van der Waals surface area (Å²) in [6.07, 6.45) is -0.858. The van der Waals surface area contributed by atoms with Gasteiger partial charge in [0, 0.05) is 11.6 Å². The van der Waals surface area contributed by atoms with Crippen LogP contribution in [0.2, 0.25) is 5.02 Å². The quantitative estimate of drug-likeness (QED) is 0.769. The summed E-state index contributed by atoms with van der Waals surface area (Å²) in [4.78, 5) is 24.0. The Balaban J connectivity index is 1.80. The van der Waals surface area contributed by atoms with Crippen LogP contribution < -0.4 is 10.1 Å². The molecular weight excluding hydrogens is 342 g/mol. The van der Waals surface area contributed by atoms with E-state index in [1.54, 1.807) is 31.4 Å². The molecule has 0 aliphatic rings. The van der Waals surface area contributed by atoms with Gasteiger partial charge in [-0.2, -0.15) is 0 Å². The molecule has 25 heavy (non-hydrogen) atoms. The first-order valence-electron chi connectivity index (χ1n) is 7.83. The SMILES string of the molecule is COc1ccc(CNC(=O)[C@@H](C)OC(=O)Cc2ccccc2Cl)cc1. The van der Waals surface area contributed by atoms with Crippen LogP contribution in [0.1, 0.15) is 18.1 Å². The van der Waals surface area contributed by atoms with E-state index in [0.717, 1.165) is 11.3 Å². The fourth-order valence-corrected chi connectivity index (χ4v) is 2.37. The maximum absolute atomic E-state index is 12.1. The zero-order valence-electron chi connectivity index (χ0n) is 14.1. The van der Waals surface area contributed by atoms with Crippen LogP contribution in [0.4, 0.5) is 0 Å². The predicted octanol–water partition coefficient (Wildman–Crippen LogP) is 3.14. The third-order valence-electron chi connectivity index (χ3n) is 3.60. The maximum atomic E-state index is 12.1. The number of hydrogen-bond acceptors (Lipinski definition) is 4. The highest BCUT2D eigenvalue weighted by atomic mass is 35.5. The molecular formula is C19H20ClNO4. The third-order valence-corrected chi connectivity index (χ3v) is 3.96. The molecule has 0 radical (unpaired) electrons. The van der Waals surface area contributed by atoms with Crippen LogP contribution in [0.5, 0.6) is 5.75 Å². The Labute approximate surface area is 151 Å². The average molecular weight is 362 g/mol. The third kappa shape index (κ3) is 5.80. The molecule has 1 amide bonds. The highest BCUT2D eigenvalue weighted by Gasteiger charge is 2.18. The predicted molar refractivity (Wildman–Crippen MR) is 95.6 cm³/mol. The van der Waals surface area contributed by atoms with Gasteiger partial charge in [-0.15, -0.1) is 0 Å². The van der Waals surface area contributed by atoms with E-state index < -0.39 is 12.1 Å². The summed E-state index contributed by atoms with van der Waals surface area (Å²) in [5.74, 6) is -0.111. The lowest BCUT2D eigenvalue weighted by Gasteiger charge is -2.14. The number of ether oxygens (including phenoxy) is 2. The molecule has 0 aromatic heterocycles.